The van der Waals surface area contributed by atoms with E-state index in [2.05, 4.69) is 16.9 Å². The Balaban J connectivity index is 1.46. The van der Waals surface area contributed by atoms with Crippen LogP contribution in [0.15, 0.2) is 72.8 Å². The first-order valence-corrected chi connectivity index (χ1v) is 13.5. The average molecular weight is 546 g/mol. The smallest absolute Gasteiger partial charge is 0.410 e. The van der Waals surface area contributed by atoms with E-state index in [1.807, 2.05) is 77.7 Å². The van der Waals surface area contributed by atoms with Crippen LogP contribution in [0.4, 0.5) is 4.79 Å². The van der Waals surface area contributed by atoms with Crippen LogP contribution in [0.2, 0.25) is 0 Å². The Morgan fingerprint density at radius 1 is 1.02 bits per heavy atom. The highest BCUT2D eigenvalue weighted by molar-refractivity contribution is 5.69. The monoisotopic (exact) mass is 545 g/mol. The van der Waals surface area contributed by atoms with E-state index < -0.39 is 5.79 Å². The maximum atomic E-state index is 13.9. The fourth-order valence-corrected chi connectivity index (χ4v) is 5.57. The van der Waals surface area contributed by atoms with Crippen molar-refractivity contribution < 1.29 is 28.5 Å². The summed E-state index contributed by atoms with van der Waals surface area (Å²) in [6.45, 7) is 3.32. The zero-order valence-electron chi connectivity index (χ0n) is 23.1. The van der Waals surface area contributed by atoms with Crippen molar-refractivity contribution in [2.24, 2.45) is 5.92 Å². The van der Waals surface area contributed by atoms with Gasteiger partial charge in [-0.3, -0.25) is 4.90 Å². The largest absolute Gasteiger partial charge is 0.481 e. The quantitative estimate of drug-likeness (QED) is 0.370. The van der Waals surface area contributed by atoms with Crippen LogP contribution in [-0.2, 0) is 20.8 Å². The summed E-state index contributed by atoms with van der Waals surface area (Å²) < 4.78 is 28.9. The first kappa shape index (κ1) is 27.6. The molecule has 3 aromatic rings. The van der Waals surface area contributed by atoms with Crippen molar-refractivity contribution in [1.29, 1.82) is 0 Å². The number of carbonyl (C=O) groups is 1. The van der Waals surface area contributed by atoms with Crippen LogP contribution in [0.5, 0.6) is 11.9 Å². The van der Waals surface area contributed by atoms with Crippen molar-refractivity contribution in [3.63, 3.8) is 0 Å². The van der Waals surface area contributed by atoms with E-state index in [-0.39, 0.29) is 36.7 Å². The van der Waals surface area contributed by atoms with Crippen molar-refractivity contribution in [1.82, 2.24) is 14.9 Å². The molecule has 40 heavy (non-hydrogen) atoms. The maximum absolute atomic E-state index is 13.9. The summed E-state index contributed by atoms with van der Waals surface area (Å²) in [6.07, 6.45) is 4.53. The lowest BCUT2D eigenvalue weighted by Gasteiger charge is -2.52. The average Bonchev–Trinajstić information content (AvgIpc) is 3.47. The number of methoxy groups -OCH3 is 2. The summed E-state index contributed by atoms with van der Waals surface area (Å²) in [4.78, 5) is 24.3. The molecular formula is C31H35N3O6. The molecule has 2 aliphatic heterocycles. The van der Waals surface area contributed by atoms with Gasteiger partial charge in [-0.05, 0) is 23.6 Å². The predicted molar refractivity (Wildman–Crippen MR) is 149 cm³/mol. The van der Waals surface area contributed by atoms with E-state index >= 15 is 0 Å². The highest BCUT2D eigenvalue weighted by atomic mass is 16.7. The summed E-state index contributed by atoms with van der Waals surface area (Å²) in [6, 6.07) is 21.1. The lowest BCUT2D eigenvalue weighted by atomic mass is 9.77. The maximum Gasteiger partial charge on any atom is 0.410 e. The standard InChI is InChI=1S/C31H35N3O6/c1-22-28(24-13-8-5-9-14-24)34(30(35)38-21-23-11-6-4-7-12-23)26(20-31(22)39-17-18-40-31)16-10-15-25-19-27(36-2)33-29(32-25)37-3/h4-15,19,22,26,28H,16-18,20-21H2,1-3H3/b15-10+/t22-,26?,28?/m1/s1. The fraction of sp³-hybridized carbons (Fsp3) is 0.387. The van der Waals surface area contributed by atoms with Crippen molar-refractivity contribution in [2.75, 3.05) is 27.4 Å². The molecule has 0 N–H and O–H groups in total. The van der Waals surface area contributed by atoms with E-state index in [4.69, 9.17) is 23.7 Å². The Hall–Kier alpha value is -3.95. The summed E-state index contributed by atoms with van der Waals surface area (Å²) in [7, 11) is 3.05. The van der Waals surface area contributed by atoms with Gasteiger partial charge in [0.05, 0.1) is 39.2 Å². The van der Waals surface area contributed by atoms with Gasteiger partial charge in [0.2, 0.25) is 5.88 Å². The van der Waals surface area contributed by atoms with Gasteiger partial charge < -0.3 is 23.7 Å². The van der Waals surface area contributed by atoms with Crippen molar-refractivity contribution in [3.8, 4) is 11.9 Å². The number of piperidine rings is 1. The molecule has 2 saturated heterocycles. The summed E-state index contributed by atoms with van der Waals surface area (Å²) in [5.41, 5.74) is 2.57. The number of ether oxygens (including phenoxy) is 5. The van der Waals surface area contributed by atoms with Gasteiger partial charge in [-0.2, -0.15) is 9.97 Å². The molecule has 0 bridgehead atoms. The fourth-order valence-electron chi connectivity index (χ4n) is 5.57. The molecule has 3 heterocycles. The molecule has 2 fully saturated rings. The normalized spacial score (nSPS) is 22.0. The number of nitrogens with zero attached hydrogens (tertiary/aromatic N) is 3. The van der Waals surface area contributed by atoms with Crippen LogP contribution in [-0.4, -0.2) is 60.2 Å². The number of carbonyl (C=O) groups excluding carboxylic acids is 1. The second kappa shape index (κ2) is 12.5. The second-order valence-electron chi connectivity index (χ2n) is 9.92. The minimum absolute atomic E-state index is 0.128. The van der Waals surface area contributed by atoms with Crippen LogP contribution < -0.4 is 9.47 Å². The Labute approximate surface area is 234 Å². The molecule has 0 saturated carbocycles. The highest BCUT2D eigenvalue weighted by Gasteiger charge is 2.55. The Bertz CT molecular complexity index is 1270. The third-order valence-corrected chi connectivity index (χ3v) is 7.50. The van der Waals surface area contributed by atoms with Crippen molar-refractivity contribution >= 4 is 12.2 Å². The third kappa shape index (κ3) is 5.95. The van der Waals surface area contributed by atoms with E-state index in [1.165, 1.54) is 7.11 Å². The topological polar surface area (TPSA) is 92.2 Å². The van der Waals surface area contributed by atoms with E-state index in [0.717, 1.165) is 11.1 Å². The summed E-state index contributed by atoms with van der Waals surface area (Å²) in [5.74, 6) is -0.520. The first-order chi connectivity index (χ1) is 19.5. The molecule has 9 nitrogen and oxygen atoms in total. The lowest BCUT2D eigenvalue weighted by Crippen LogP contribution is -2.59. The van der Waals surface area contributed by atoms with Gasteiger partial charge in [0.15, 0.2) is 5.79 Å². The Kier molecular flexibility index (Phi) is 8.62. The number of hydrogen-bond donors (Lipinski definition) is 0. The zero-order valence-corrected chi connectivity index (χ0v) is 23.1. The molecule has 2 aliphatic rings. The van der Waals surface area contributed by atoms with Gasteiger partial charge in [0, 0.05) is 24.4 Å². The molecule has 2 unspecified atom stereocenters. The number of rotatable bonds is 8. The number of likely N-dealkylation sites (tertiary alicyclic amines) is 1. The van der Waals surface area contributed by atoms with Crippen LogP contribution in [0.25, 0.3) is 6.08 Å². The molecule has 9 heteroatoms. The molecule has 2 aromatic carbocycles. The highest BCUT2D eigenvalue weighted by Crippen LogP contribution is 2.49. The lowest BCUT2D eigenvalue weighted by molar-refractivity contribution is -0.239. The van der Waals surface area contributed by atoms with Gasteiger partial charge in [-0.25, -0.2) is 4.79 Å². The van der Waals surface area contributed by atoms with Gasteiger partial charge in [0.25, 0.3) is 0 Å². The van der Waals surface area contributed by atoms with Gasteiger partial charge in [0.1, 0.15) is 6.61 Å². The summed E-state index contributed by atoms with van der Waals surface area (Å²) >= 11 is 0. The van der Waals surface area contributed by atoms with Crippen LogP contribution >= 0.6 is 0 Å². The molecule has 0 radical (unpaired) electrons. The molecule has 5 rings (SSSR count). The predicted octanol–water partition coefficient (Wildman–Crippen LogP) is 5.43. The van der Waals surface area contributed by atoms with Gasteiger partial charge >= 0.3 is 12.1 Å². The van der Waals surface area contributed by atoms with Gasteiger partial charge in [-0.1, -0.05) is 73.7 Å². The second-order valence-corrected chi connectivity index (χ2v) is 9.92. The number of hydrogen-bond acceptors (Lipinski definition) is 8. The molecule has 0 aliphatic carbocycles. The minimum atomic E-state index is -0.795. The molecule has 3 atom stereocenters. The SMILES string of the molecule is COc1cc(/C=C/CC2CC3(OCCO3)[C@H](C)C(c3ccccc3)N2C(=O)OCc2ccccc2)nc(OC)n1. The van der Waals surface area contributed by atoms with Crippen molar-refractivity contribution in [3.05, 3.63) is 89.6 Å². The molecular weight excluding hydrogens is 510 g/mol. The van der Waals surface area contributed by atoms with Crippen molar-refractivity contribution in [2.45, 2.75) is 44.2 Å². The van der Waals surface area contributed by atoms with Crippen LogP contribution in [0, 0.1) is 5.92 Å². The van der Waals surface area contributed by atoms with Crippen LogP contribution in [0.1, 0.15) is 42.6 Å². The Morgan fingerprint density at radius 2 is 1.73 bits per heavy atom. The van der Waals surface area contributed by atoms with E-state index in [0.29, 0.717) is 37.6 Å². The number of benzene rings is 2. The first-order valence-electron chi connectivity index (χ1n) is 13.5. The zero-order chi connectivity index (χ0) is 28.0. The van der Waals surface area contributed by atoms with Gasteiger partial charge in [-0.15, -0.1) is 0 Å². The number of aromatic nitrogens is 2. The minimum Gasteiger partial charge on any atom is -0.481 e. The third-order valence-electron chi connectivity index (χ3n) is 7.50. The molecule has 210 valence electrons. The summed E-state index contributed by atoms with van der Waals surface area (Å²) in [5, 5.41) is 0. The Morgan fingerprint density at radius 3 is 2.40 bits per heavy atom. The number of amides is 1. The van der Waals surface area contributed by atoms with Crippen LogP contribution in [0.3, 0.4) is 0 Å². The molecule has 1 amide bonds. The molecule has 1 spiro atoms. The van der Waals surface area contributed by atoms with E-state index in [9.17, 15) is 4.79 Å². The van der Waals surface area contributed by atoms with E-state index in [1.54, 1.807) is 13.2 Å². The molecule has 1 aromatic heterocycles.